The average molecular weight is 389 g/mol. The lowest BCUT2D eigenvalue weighted by molar-refractivity contribution is -0.123. The molecule has 7 heteroatoms. The van der Waals surface area contributed by atoms with Crippen molar-refractivity contribution >= 4 is 23.5 Å². The minimum Gasteiger partial charge on any atom is -0.350 e. The fraction of sp³-hybridized carbons (Fsp3) is 0.571. The summed E-state index contributed by atoms with van der Waals surface area (Å²) in [6.07, 6.45) is 3.03. The number of hydrogen-bond donors (Lipinski definition) is 3. The number of rotatable bonds is 7. The molecular formula is C21H32N4O3. The molecule has 1 aliphatic carbocycles. The second kappa shape index (κ2) is 9.57. The molecule has 0 bridgehead atoms. The van der Waals surface area contributed by atoms with E-state index in [1.807, 2.05) is 52.0 Å². The maximum atomic E-state index is 12.4. The predicted molar refractivity (Wildman–Crippen MR) is 110 cm³/mol. The molecule has 2 rings (SSSR count). The Bertz CT molecular complexity index is 708. The maximum absolute atomic E-state index is 12.4. The minimum absolute atomic E-state index is 0.0110. The molecule has 154 valence electrons. The topological polar surface area (TPSA) is 90.5 Å². The number of nitrogens with one attached hydrogen (secondary N) is 3. The SMILES string of the molecule is CCN(CC(=O)NC(C)(C)C)C(=O)NCc1cccc(NC(=O)C2CCC2)c1. The molecule has 1 aromatic rings. The second-order valence-electron chi connectivity index (χ2n) is 8.29. The van der Waals surface area contributed by atoms with Crippen LogP contribution in [0.25, 0.3) is 0 Å². The summed E-state index contributed by atoms with van der Waals surface area (Å²) in [5.41, 5.74) is 1.28. The monoisotopic (exact) mass is 388 g/mol. The van der Waals surface area contributed by atoms with Crippen LogP contribution in [0, 0.1) is 5.92 Å². The van der Waals surface area contributed by atoms with Crippen LogP contribution in [0.3, 0.4) is 0 Å². The number of anilines is 1. The Hall–Kier alpha value is -2.57. The molecule has 0 radical (unpaired) electrons. The van der Waals surface area contributed by atoms with Gasteiger partial charge in [-0.15, -0.1) is 0 Å². The zero-order valence-electron chi connectivity index (χ0n) is 17.3. The van der Waals surface area contributed by atoms with Crippen LogP contribution in [0.2, 0.25) is 0 Å². The molecule has 1 saturated carbocycles. The van der Waals surface area contributed by atoms with Gasteiger partial charge < -0.3 is 20.9 Å². The van der Waals surface area contributed by atoms with Crippen LogP contribution in [0.1, 0.15) is 52.5 Å². The van der Waals surface area contributed by atoms with E-state index in [1.54, 1.807) is 0 Å². The van der Waals surface area contributed by atoms with Crippen molar-refractivity contribution < 1.29 is 14.4 Å². The number of carbonyl (C=O) groups excluding carboxylic acids is 3. The highest BCUT2D eigenvalue weighted by molar-refractivity contribution is 5.93. The van der Waals surface area contributed by atoms with Gasteiger partial charge in [0.05, 0.1) is 0 Å². The first-order valence-electron chi connectivity index (χ1n) is 9.91. The van der Waals surface area contributed by atoms with Crippen molar-refractivity contribution in [3.63, 3.8) is 0 Å². The van der Waals surface area contributed by atoms with Gasteiger partial charge in [-0.3, -0.25) is 9.59 Å². The molecule has 4 amide bonds. The summed E-state index contributed by atoms with van der Waals surface area (Å²) < 4.78 is 0. The van der Waals surface area contributed by atoms with E-state index in [9.17, 15) is 14.4 Å². The number of nitrogens with zero attached hydrogens (tertiary/aromatic N) is 1. The van der Waals surface area contributed by atoms with Crippen molar-refractivity contribution in [3.8, 4) is 0 Å². The number of benzene rings is 1. The summed E-state index contributed by atoms with van der Waals surface area (Å²) in [6.45, 7) is 8.30. The van der Waals surface area contributed by atoms with Crippen LogP contribution in [0.4, 0.5) is 10.5 Å². The van der Waals surface area contributed by atoms with Crippen molar-refractivity contribution in [3.05, 3.63) is 29.8 Å². The molecular weight excluding hydrogens is 356 g/mol. The van der Waals surface area contributed by atoms with Gasteiger partial charge in [0, 0.05) is 30.2 Å². The summed E-state index contributed by atoms with van der Waals surface area (Å²) in [7, 11) is 0. The van der Waals surface area contributed by atoms with Crippen LogP contribution < -0.4 is 16.0 Å². The number of urea groups is 1. The fourth-order valence-electron chi connectivity index (χ4n) is 2.92. The van der Waals surface area contributed by atoms with Crippen LogP contribution in [0.5, 0.6) is 0 Å². The van der Waals surface area contributed by atoms with E-state index in [-0.39, 0.29) is 35.8 Å². The van der Waals surface area contributed by atoms with Crippen LogP contribution in [-0.4, -0.2) is 41.4 Å². The highest BCUT2D eigenvalue weighted by atomic mass is 16.2. The smallest absolute Gasteiger partial charge is 0.318 e. The lowest BCUT2D eigenvalue weighted by Gasteiger charge is -2.25. The van der Waals surface area contributed by atoms with Gasteiger partial charge in [0.15, 0.2) is 0 Å². The largest absolute Gasteiger partial charge is 0.350 e. The van der Waals surface area contributed by atoms with Gasteiger partial charge in [-0.05, 0) is 58.2 Å². The van der Waals surface area contributed by atoms with Crippen LogP contribution in [0.15, 0.2) is 24.3 Å². The summed E-state index contributed by atoms with van der Waals surface area (Å²) in [5, 5.41) is 8.63. The van der Waals surface area contributed by atoms with E-state index in [0.717, 1.165) is 30.5 Å². The Labute approximate surface area is 167 Å². The van der Waals surface area contributed by atoms with E-state index in [1.165, 1.54) is 4.90 Å². The Morgan fingerprint density at radius 1 is 1.18 bits per heavy atom. The van der Waals surface area contributed by atoms with E-state index >= 15 is 0 Å². The third kappa shape index (κ3) is 6.87. The Kier molecular flexibility index (Phi) is 7.43. The normalized spacial score (nSPS) is 14.0. The quantitative estimate of drug-likeness (QED) is 0.671. The van der Waals surface area contributed by atoms with Gasteiger partial charge in [0.25, 0.3) is 0 Å². The first-order chi connectivity index (χ1) is 13.2. The molecule has 0 unspecified atom stereocenters. The van der Waals surface area contributed by atoms with Crippen molar-refractivity contribution in [1.29, 1.82) is 0 Å². The van der Waals surface area contributed by atoms with E-state index < -0.39 is 0 Å². The molecule has 0 spiro atoms. The Morgan fingerprint density at radius 2 is 1.89 bits per heavy atom. The number of likely N-dealkylation sites (N-methyl/N-ethyl adjacent to an activating group) is 1. The van der Waals surface area contributed by atoms with Gasteiger partial charge in [-0.2, -0.15) is 0 Å². The van der Waals surface area contributed by atoms with Crippen LogP contribution >= 0.6 is 0 Å². The molecule has 1 fully saturated rings. The molecule has 0 atom stereocenters. The van der Waals surface area contributed by atoms with Gasteiger partial charge >= 0.3 is 6.03 Å². The minimum atomic E-state index is -0.336. The van der Waals surface area contributed by atoms with E-state index in [0.29, 0.717) is 13.1 Å². The third-order valence-electron chi connectivity index (χ3n) is 4.63. The molecule has 0 aliphatic heterocycles. The lowest BCUT2D eigenvalue weighted by atomic mass is 9.85. The van der Waals surface area contributed by atoms with Crippen molar-refractivity contribution in [2.24, 2.45) is 5.92 Å². The fourth-order valence-corrected chi connectivity index (χ4v) is 2.92. The summed E-state index contributed by atoms with van der Waals surface area (Å²) in [6, 6.07) is 7.15. The highest BCUT2D eigenvalue weighted by Crippen LogP contribution is 2.27. The van der Waals surface area contributed by atoms with Crippen molar-refractivity contribution in [1.82, 2.24) is 15.5 Å². The van der Waals surface area contributed by atoms with E-state index in [4.69, 9.17) is 0 Å². The van der Waals surface area contributed by atoms with Gasteiger partial charge in [-0.25, -0.2) is 4.79 Å². The number of carbonyl (C=O) groups is 3. The van der Waals surface area contributed by atoms with Gasteiger partial charge in [-0.1, -0.05) is 18.6 Å². The maximum Gasteiger partial charge on any atom is 0.318 e. The molecule has 0 heterocycles. The van der Waals surface area contributed by atoms with Gasteiger partial charge in [0.1, 0.15) is 6.54 Å². The molecule has 0 saturated heterocycles. The predicted octanol–water partition coefficient (Wildman–Crippen LogP) is 2.87. The van der Waals surface area contributed by atoms with E-state index in [2.05, 4.69) is 16.0 Å². The lowest BCUT2D eigenvalue weighted by Crippen LogP contribution is -2.49. The summed E-state index contributed by atoms with van der Waals surface area (Å²) >= 11 is 0. The standard InChI is InChI=1S/C21H32N4O3/c1-5-25(14-18(26)24-21(2,3)4)20(28)22-13-15-8-6-11-17(12-15)23-19(27)16-9-7-10-16/h6,8,11-12,16H,5,7,9-10,13-14H2,1-4H3,(H,22,28)(H,23,27)(H,24,26). The Balaban J connectivity index is 1.85. The number of hydrogen-bond acceptors (Lipinski definition) is 3. The molecule has 1 aromatic carbocycles. The molecule has 0 aromatic heterocycles. The second-order valence-corrected chi connectivity index (χ2v) is 8.29. The third-order valence-corrected chi connectivity index (χ3v) is 4.63. The number of amides is 4. The molecule has 28 heavy (non-hydrogen) atoms. The van der Waals surface area contributed by atoms with Crippen molar-refractivity contribution in [2.75, 3.05) is 18.4 Å². The summed E-state index contributed by atoms with van der Waals surface area (Å²) in [4.78, 5) is 38.0. The van der Waals surface area contributed by atoms with Crippen molar-refractivity contribution in [2.45, 2.75) is 59.0 Å². The Morgan fingerprint density at radius 3 is 2.46 bits per heavy atom. The van der Waals surface area contributed by atoms with Crippen LogP contribution in [-0.2, 0) is 16.1 Å². The first-order valence-corrected chi connectivity index (χ1v) is 9.91. The zero-order valence-corrected chi connectivity index (χ0v) is 17.3. The first kappa shape index (κ1) is 21.7. The van der Waals surface area contributed by atoms with Gasteiger partial charge in [0.2, 0.25) is 11.8 Å². The average Bonchev–Trinajstić information content (AvgIpc) is 2.54. The summed E-state index contributed by atoms with van der Waals surface area (Å²) in [5.74, 6) is 0.000347. The molecule has 1 aliphatic rings. The zero-order chi connectivity index (χ0) is 20.7. The molecule has 3 N–H and O–H groups in total. The highest BCUT2D eigenvalue weighted by Gasteiger charge is 2.25. The molecule has 7 nitrogen and oxygen atoms in total.